The van der Waals surface area contributed by atoms with E-state index in [4.69, 9.17) is 23.7 Å². The summed E-state index contributed by atoms with van der Waals surface area (Å²) in [4.78, 5) is 39.1. The molecule has 2 unspecified atom stereocenters. The Bertz CT molecular complexity index is 1620. The summed E-state index contributed by atoms with van der Waals surface area (Å²) >= 11 is 0. The van der Waals surface area contributed by atoms with Gasteiger partial charge in [-0.2, -0.15) is 0 Å². The normalized spacial score (nSPS) is 36.1. The standard InChI is InChI=1S/C40H54O11/c1-22(2)23(3)16-34(43)51-32-20-31-37(5)14-13-27(50-33(42)11-10-25-17-29(47-7)35(49-9)30(18-25)48-8)19-26(37)12-15-39(31,45)40(46)21-28(24(4)41)36(44)38(32,40)6/h10-12,16-18,22,27-28,31-32,36,44-46H,13-15,19-21H2,1-9H3/b11-10+,23-16+/t27-,28?,31?,32+,36-,37-,38+,39-,40+/m0/s1. The number of fused-ring (bicyclic) bond motifs is 5. The van der Waals surface area contributed by atoms with E-state index in [1.54, 1.807) is 25.1 Å². The maximum atomic E-state index is 13.3. The average Bonchev–Trinajstić information content (AvgIpc) is 3.31. The first kappa shape index (κ1) is 38.6. The minimum atomic E-state index is -1.94. The van der Waals surface area contributed by atoms with Crippen LogP contribution in [0, 0.1) is 28.6 Å². The molecule has 11 heteroatoms. The summed E-state index contributed by atoms with van der Waals surface area (Å²) in [7, 11) is 4.55. The van der Waals surface area contributed by atoms with E-state index in [0.717, 1.165) is 11.1 Å². The number of benzene rings is 1. The van der Waals surface area contributed by atoms with Gasteiger partial charge in [0.25, 0.3) is 0 Å². The molecule has 280 valence electrons. The first-order chi connectivity index (χ1) is 23.9. The smallest absolute Gasteiger partial charge is 0.331 e. The van der Waals surface area contributed by atoms with Gasteiger partial charge < -0.3 is 39.0 Å². The molecular weight excluding hydrogens is 656 g/mol. The lowest BCUT2D eigenvalue weighted by atomic mass is 9.43. The number of carbonyl (C=O) groups is 3. The van der Waals surface area contributed by atoms with Crippen LogP contribution in [0.5, 0.6) is 17.2 Å². The number of hydrogen-bond acceptors (Lipinski definition) is 11. The van der Waals surface area contributed by atoms with Crippen LogP contribution in [-0.4, -0.2) is 83.9 Å². The number of ketones is 1. The zero-order chi connectivity index (χ0) is 37.7. The molecular formula is C40H54O11. The Morgan fingerprint density at radius 1 is 0.961 bits per heavy atom. The number of rotatable bonds is 10. The molecule has 0 radical (unpaired) electrons. The van der Waals surface area contributed by atoms with Crippen molar-refractivity contribution in [3.05, 3.63) is 47.1 Å². The van der Waals surface area contributed by atoms with E-state index in [9.17, 15) is 29.7 Å². The molecule has 0 amide bonds. The van der Waals surface area contributed by atoms with E-state index < -0.39 is 64.1 Å². The number of ether oxygens (including phenoxy) is 5. The summed E-state index contributed by atoms with van der Waals surface area (Å²) < 4.78 is 28.2. The van der Waals surface area contributed by atoms with Gasteiger partial charge in [0.15, 0.2) is 11.5 Å². The van der Waals surface area contributed by atoms with Crippen molar-refractivity contribution in [3.8, 4) is 17.2 Å². The lowest BCUT2D eigenvalue weighted by Gasteiger charge is -2.66. The van der Waals surface area contributed by atoms with Crippen molar-refractivity contribution in [2.75, 3.05) is 21.3 Å². The molecule has 0 spiro atoms. The Morgan fingerprint density at radius 2 is 1.61 bits per heavy atom. The molecule has 0 aliphatic heterocycles. The third kappa shape index (κ3) is 6.29. The van der Waals surface area contributed by atoms with Crippen molar-refractivity contribution in [2.45, 2.75) is 110 Å². The SMILES string of the molecule is COc1cc(/C=C/C(=O)O[C@H]2CC[C@@]3(C)C(=CC[C@]4(O)C3C[C@@H](OC(=O)/C=C(\C)C(C)C)[C@]3(C)[C@@H](O)C(C(C)=O)C[C@@]34O)C2)cc(OC)c1OC. The molecule has 9 atom stereocenters. The number of aliphatic hydroxyl groups is 3. The molecule has 4 aliphatic rings. The fourth-order valence-electron chi connectivity index (χ4n) is 9.38. The third-order valence-corrected chi connectivity index (χ3v) is 12.8. The fourth-order valence-corrected chi connectivity index (χ4v) is 9.38. The summed E-state index contributed by atoms with van der Waals surface area (Å²) in [6.07, 6.45) is 5.14. The number of methoxy groups -OCH3 is 3. The van der Waals surface area contributed by atoms with E-state index in [-0.39, 0.29) is 31.0 Å². The monoisotopic (exact) mass is 710 g/mol. The second-order valence-electron chi connectivity index (χ2n) is 15.6. The van der Waals surface area contributed by atoms with Crippen molar-refractivity contribution in [2.24, 2.45) is 28.6 Å². The maximum Gasteiger partial charge on any atom is 0.331 e. The van der Waals surface area contributed by atoms with E-state index >= 15 is 0 Å². The number of Topliss-reactive ketones (excluding diaryl/α,β-unsaturated/α-hetero) is 1. The molecule has 3 saturated carbocycles. The third-order valence-electron chi connectivity index (χ3n) is 12.8. The van der Waals surface area contributed by atoms with Gasteiger partial charge in [0.1, 0.15) is 29.2 Å². The van der Waals surface area contributed by atoms with Crippen LogP contribution in [0.4, 0.5) is 0 Å². The van der Waals surface area contributed by atoms with Gasteiger partial charge in [0, 0.05) is 30.4 Å². The number of esters is 2. The summed E-state index contributed by atoms with van der Waals surface area (Å²) in [5, 5.41) is 37.0. The fraction of sp³-hybridized carbons (Fsp3) is 0.625. The highest BCUT2D eigenvalue weighted by molar-refractivity contribution is 5.87. The Kier molecular flexibility index (Phi) is 10.6. The van der Waals surface area contributed by atoms with E-state index in [0.29, 0.717) is 42.1 Å². The topological polar surface area (TPSA) is 158 Å². The van der Waals surface area contributed by atoms with Gasteiger partial charge >= 0.3 is 11.9 Å². The molecule has 0 heterocycles. The number of allylic oxidation sites excluding steroid dienone is 1. The summed E-state index contributed by atoms with van der Waals surface area (Å²) in [6, 6.07) is 3.45. The lowest BCUT2D eigenvalue weighted by Crippen LogP contribution is -2.76. The number of aliphatic hydroxyl groups excluding tert-OH is 1. The van der Waals surface area contributed by atoms with E-state index in [1.165, 1.54) is 40.4 Å². The molecule has 0 aromatic heterocycles. The first-order valence-corrected chi connectivity index (χ1v) is 17.8. The van der Waals surface area contributed by atoms with Gasteiger partial charge in [-0.3, -0.25) is 4.79 Å². The average molecular weight is 711 g/mol. The molecule has 1 aromatic carbocycles. The quantitative estimate of drug-likeness (QED) is 0.168. The van der Waals surface area contributed by atoms with Gasteiger partial charge in [-0.15, -0.1) is 0 Å². The van der Waals surface area contributed by atoms with Crippen LogP contribution in [0.1, 0.15) is 85.6 Å². The Hall–Kier alpha value is -3.67. The lowest BCUT2D eigenvalue weighted by molar-refractivity contribution is -0.305. The highest BCUT2D eigenvalue weighted by Crippen LogP contribution is 2.69. The largest absolute Gasteiger partial charge is 0.493 e. The molecule has 0 bridgehead atoms. The van der Waals surface area contributed by atoms with Crippen LogP contribution < -0.4 is 14.2 Å². The second kappa shape index (κ2) is 14.0. The van der Waals surface area contributed by atoms with Crippen molar-refractivity contribution in [3.63, 3.8) is 0 Å². The summed E-state index contributed by atoms with van der Waals surface area (Å²) in [6.45, 7) is 10.8. The maximum absolute atomic E-state index is 13.3. The van der Waals surface area contributed by atoms with E-state index in [2.05, 4.69) is 0 Å². The van der Waals surface area contributed by atoms with Gasteiger partial charge in [-0.05, 0) is 81.1 Å². The van der Waals surface area contributed by atoms with Crippen LogP contribution in [-0.2, 0) is 23.9 Å². The van der Waals surface area contributed by atoms with Crippen LogP contribution in [0.15, 0.2) is 41.5 Å². The first-order valence-electron chi connectivity index (χ1n) is 17.8. The molecule has 3 fully saturated rings. The number of hydrogen-bond donors (Lipinski definition) is 3. The Labute approximate surface area is 300 Å². The van der Waals surface area contributed by atoms with Crippen molar-refractivity contribution < 1.29 is 53.4 Å². The molecule has 51 heavy (non-hydrogen) atoms. The van der Waals surface area contributed by atoms with Crippen molar-refractivity contribution >= 4 is 23.8 Å². The van der Waals surface area contributed by atoms with Gasteiger partial charge in [0.05, 0.1) is 32.8 Å². The number of carbonyl (C=O) groups excluding carboxylic acids is 3. The molecule has 4 aliphatic carbocycles. The molecule has 1 aromatic rings. The summed E-state index contributed by atoms with van der Waals surface area (Å²) in [5.41, 5.74) is -3.35. The minimum Gasteiger partial charge on any atom is -0.493 e. The highest BCUT2D eigenvalue weighted by atomic mass is 16.6. The molecule has 11 nitrogen and oxygen atoms in total. The zero-order valence-electron chi connectivity index (χ0n) is 31.3. The van der Waals surface area contributed by atoms with Crippen LogP contribution >= 0.6 is 0 Å². The molecule has 3 N–H and O–H groups in total. The summed E-state index contributed by atoms with van der Waals surface area (Å²) in [5.74, 6) is -1.45. The van der Waals surface area contributed by atoms with Crippen molar-refractivity contribution in [1.29, 1.82) is 0 Å². The van der Waals surface area contributed by atoms with Gasteiger partial charge in [-0.1, -0.05) is 44.9 Å². The predicted molar refractivity (Wildman–Crippen MR) is 189 cm³/mol. The van der Waals surface area contributed by atoms with E-state index in [1.807, 2.05) is 33.8 Å². The molecule has 0 saturated heterocycles. The van der Waals surface area contributed by atoms with Gasteiger partial charge in [0.2, 0.25) is 5.75 Å². The van der Waals surface area contributed by atoms with Crippen LogP contribution in [0.2, 0.25) is 0 Å². The predicted octanol–water partition coefficient (Wildman–Crippen LogP) is 5.13. The van der Waals surface area contributed by atoms with Crippen LogP contribution in [0.25, 0.3) is 6.08 Å². The highest BCUT2D eigenvalue weighted by Gasteiger charge is 2.79. The zero-order valence-corrected chi connectivity index (χ0v) is 31.3. The van der Waals surface area contributed by atoms with Crippen LogP contribution in [0.3, 0.4) is 0 Å². The van der Waals surface area contributed by atoms with Crippen molar-refractivity contribution in [1.82, 2.24) is 0 Å². The Morgan fingerprint density at radius 3 is 2.18 bits per heavy atom. The Balaban J connectivity index is 1.40. The minimum absolute atomic E-state index is 0.0702. The second-order valence-corrected chi connectivity index (χ2v) is 15.6. The van der Waals surface area contributed by atoms with Gasteiger partial charge in [-0.25, -0.2) is 9.59 Å². The molecule has 5 rings (SSSR count).